The van der Waals surface area contributed by atoms with Crippen molar-refractivity contribution in [3.8, 4) is 5.75 Å². The van der Waals surface area contributed by atoms with E-state index in [0.29, 0.717) is 24.5 Å². The molecule has 2 heterocycles. The normalized spacial score (nSPS) is 24.7. The highest BCUT2D eigenvalue weighted by atomic mass is 16.5. The fourth-order valence-electron chi connectivity index (χ4n) is 4.04. The number of piperidine rings is 1. The molecule has 0 bridgehead atoms. The fourth-order valence-corrected chi connectivity index (χ4v) is 4.04. The Kier molecular flexibility index (Phi) is 5.02. The Hall–Kier alpha value is -2.90. The number of rotatable bonds is 4. The molecule has 2 aromatic rings. The average Bonchev–Trinajstić information content (AvgIpc) is 3.05. The Labute approximate surface area is 164 Å². The van der Waals surface area contributed by atoms with Crippen LogP contribution in [-0.4, -0.2) is 50.0 Å². The van der Waals surface area contributed by atoms with Crippen molar-refractivity contribution in [3.63, 3.8) is 0 Å². The third kappa shape index (κ3) is 3.34. The van der Waals surface area contributed by atoms with Crippen LogP contribution in [0.15, 0.2) is 54.6 Å². The molecular formula is C21H24N4O3. The molecule has 3 atom stereocenters. The standard InChI is InChI=1S/C21H24N4O3/c1-24-12-15(20(26)22-17-10-6-7-11-18(17)28-2)19-16(13-24)21(27)25(23-19)14-8-4-3-5-9-14/h3-11,15-16,19,23H,12-13H2,1-2H3,(H,22,26). The van der Waals surface area contributed by atoms with Crippen LogP contribution in [0.1, 0.15) is 0 Å². The molecule has 2 fully saturated rings. The zero-order valence-electron chi connectivity index (χ0n) is 16.0. The van der Waals surface area contributed by atoms with Gasteiger partial charge in [-0.1, -0.05) is 30.3 Å². The van der Waals surface area contributed by atoms with Gasteiger partial charge >= 0.3 is 0 Å². The first-order valence-corrected chi connectivity index (χ1v) is 9.36. The van der Waals surface area contributed by atoms with E-state index in [1.807, 2.05) is 60.5 Å². The summed E-state index contributed by atoms with van der Waals surface area (Å²) in [7, 11) is 3.52. The maximum Gasteiger partial charge on any atom is 0.247 e. The summed E-state index contributed by atoms with van der Waals surface area (Å²) in [6.45, 7) is 1.20. The summed E-state index contributed by atoms with van der Waals surface area (Å²) in [6.07, 6.45) is 0. The van der Waals surface area contributed by atoms with Gasteiger partial charge in [0.2, 0.25) is 11.8 Å². The summed E-state index contributed by atoms with van der Waals surface area (Å²) in [5.74, 6) is -0.157. The van der Waals surface area contributed by atoms with Crippen molar-refractivity contribution in [3.05, 3.63) is 54.6 Å². The third-order valence-corrected chi connectivity index (χ3v) is 5.42. The maximum absolute atomic E-state index is 13.1. The Morgan fingerprint density at radius 1 is 1.11 bits per heavy atom. The number of hydrogen-bond donors (Lipinski definition) is 2. The molecule has 2 amide bonds. The van der Waals surface area contributed by atoms with Crippen LogP contribution < -0.4 is 20.5 Å². The summed E-state index contributed by atoms with van der Waals surface area (Å²) in [5.41, 5.74) is 4.70. The van der Waals surface area contributed by atoms with Crippen LogP contribution >= 0.6 is 0 Å². The van der Waals surface area contributed by atoms with Crippen LogP contribution in [0.2, 0.25) is 0 Å². The molecule has 2 aliphatic rings. The fraction of sp³-hybridized carbons (Fsp3) is 0.333. The predicted molar refractivity (Wildman–Crippen MR) is 107 cm³/mol. The number of anilines is 2. The maximum atomic E-state index is 13.1. The van der Waals surface area contributed by atoms with Crippen molar-refractivity contribution in [1.29, 1.82) is 0 Å². The van der Waals surface area contributed by atoms with Gasteiger partial charge in [0.1, 0.15) is 5.75 Å². The van der Waals surface area contributed by atoms with E-state index in [2.05, 4.69) is 10.7 Å². The average molecular weight is 380 g/mol. The van der Waals surface area contributed by atoms with E-state index in [1.54, 1.807) is 18.2 Å². The largest absolute Gasteiger partial charge is 0.495 e. The number of nitrogens with zero attached hydrogens (tertiary/aromatic N) is 2. The first-order valence-electron chi connectivity index (χ1n) is 9.36. The smallest absolute Gasteiger partial charge is 0.247 e. The molecule has 2 saturated heterocycles. The molecule has 0 radical (unpaired) electrons. The van der Waals surface area contributed by atoms with Crippen LogP contribution in [0.5, 0.6) is 5.75 Å². The van der Waals surface area contributed by atoms with Crippen molar-refractivity contribution in [2.75, 3.05) is 37.6 Å². The number of carbonyl (C=O) groups is 2. The lowest BCUT2D eigenvalue weighted by Gasteiger charge is -2.36. The SMILES string of the molecule is COc1ccccc1NC(=O)C1CN(C)CC2C(=O)N(c3ccccc3)NC12. The summed E-state index contributed by atoms with van der Waals surface area (Å²) in [6, 6.07) is 16.5. The number of fused-ring (bicyclic) bond motifs is 1. The van der Waals surface area contributed by atoms with Gasteiger partial charge in [-0.2, -0.15) is 0 Å². The van der Waals surface area contributed by atoms with Crippen molar-refractivity contribution >= 4 is 23.2 Å². The first-order chi connectivity index (χ1) is 13.6. The molecule has 2 N–H and O–H groups in total. The molecule has 0 aromatic heterocycles. The predicted octanol–water partition coefficient (Wildman–Crippen LogP) is 1.73. The third-order valence-electron chi connectivity index (χ3n) is 5.42. The van der Waals surface area contributed by atoms with E-state index in [9.17, 15) is 9.59 Å². The molecule has 7 nitrogen and oxygen atoms in total. The highest BCUT2D eigenvalue weighted by Gasteiger charge is 2.50. The number of nitrogens with one attached hydrogen (secondary N) is 2. The van der Waals surface area contributed by atoms with Gasteiger partial charge in [-0.05, 0) is 31.3 Å². The molecule has 3 unspecified atom stereocenters. The number of hydrazine groups is 1. The molecule has 2 aromatic carbocycles. The lowest BCUT2D eigenvalue weighted by Crippen LogP contribution is -2.55. The highest BCUT2D eigenvalue weighted by molar-refractivity contribution is 6.00. The van der Waals surface area contributed by atoms with E-state index >= 15 is 0 Å². The lowest BCUT2D eigenvalue weighted by atomic mass is 9.84. The quantitative estimate of drug-likeness (QED) is 0.845. The summed E-state index contributed by atoms with van der Waals surface area (Å²) >= 11 is 0. The Morgan fingerprint density at radius 3 is 2.57 bits per heavy atom. The first kappa shape index (κ1) is 18.5. The Morgan fingerprint density at radius 2 is 1.82 bits per heavy atom. The molecule has 2 aliphatic heterocycles. The van der Waals surface area contributed by atoms with Crippen molar-refractivity contribution in [1.82, 2.24) is 10.3 Å². The van der Waals surface area contributed by atoms with Gasteiger partial charge in [0.25, 0.3) is 0 Å². The van der Waals surface area contributed by atoms with Gasteiger partial charge in [-0.25, -0.2) is 10.4 Å². The van der Waals surface area contributed by atoms with Crippen molar-refractivity contribution in [2.45, 2.75) is 6.04 Å². The summed E-state index contributed by atoms with van der Waals surface area (Å²) in [5, 5.41) is 4.55. The molecule has 0 spiro atoms. The van der Waals surface area contributed by atoms with E-state index in [-0.39, 0.29) is 29.7 Å². The van der Waals surface area contributed by atoms with E-state index in [4.69, 9.17) is 4.74 Å². The molecule has 7 heteroatoms. The number of para-hydroxylation sites is 3. The number of likely N-dealkylation sites (tertiary alicyclic amines) is 1. The molecule has 146 valence electrons. The van der Waals surface area contributed by atoms with Crippen LogP contribution in [0, 0.1) is 11.8 Å². The monoisotopic (exact) mass is 380 g/mol. The molecular weight excluding hydrogens is 356 g/mol. The van der Waals surface area contributed by atoms with Crippen LogP contribution in [0.3, 0.4) is 0 Å². The molecule has 4 rings (SSSR count). The second kappa shape index (κ2) is 7.61. The van der Waals surface area contributed by atoms with E-state index in [1.165, 1.54) is 0 Å². The van der Waals surface area contributed by atoms with Crippen LogP contribution in [-0.2, 0) is 9.59 Å². The van der Waals surface area contributed by atoms with E-state index < -0.39 is 0 Å². The Bertz CT molecular complexity index is 873. The lowest BCUT2D eigenvalue weighted by molar-refractivity contribution is -0.125. The van der Waals surface area contributed by atoms with Gasteiger partial charge in [0, 0.05) is 13.1 Å². The van der Waals surface area contributed by atoms with Crippen LogP contribution in [0.4, 0.5) is 11.4 Å². The number of carbonyl (C=O) groups excluding carboxylic acids is 2. The van der Waals surface area contributed by atoms with Crippen LogP contribution in [0.25, 0.3) is 0 Å². The summed E-state index contributed by atoms with van der Waals surface area (Å²) in [4.78, 5) is 28.2. The number of benzene rings is 2. The molecule has 28 heavy (non-hydrogen) atoms. The van der Waals surface area contributed by atoms with Gasteiger partial charge in [0.15, 0.2) is 0 Å². The highest BCUT2D eigenvalue weighted by Crippen LogP contribution is 2.32. The minimum atomic E-state index is -0.369. The minimum Gasteiger partial charge on any atom is -0.495 e. The zero-order valence-corrected chi connectivity index (χ0v) is 16.0. The second-order valence-corrected chi connectivity index (χ2v) is 7.29. The topological polar surface area (TPSA) is 73.9 Å². The summed E-state index contributed by atoms with van der Waals surface area (Å²) < 4.78 is 5.33. The van der Waals surface area contributed by atoms with Gasteiger partial charge in [-0.15, -0.1) is 0 Å². The number of hydrogen-bond acceptors (Lipinski definition) is 5. The van der Waals surface area contributed by atoms with Gasteiger partial charge in [-0.3, -0.25) is 9.59 Å². The minimum absolute atomic E-state index is 0.00200. The van der Waals surface area contributed by atoms with Crippen molar-refractivity contribution in [2.24, 2.45) is 11.8 Å². The number of amides is 2. The van der Waals surface area contributed by atoms with E-state index in [0.717, 1.165) is 5.69 Å². The zero-order chi connectivity index (χ0) is 19.7. The van der Waals surface area contributed by atoms with Crippen molar-refractivity contribution < 1.29 is 14.3 Å². The van der Waals surface area contributed by atoms with Gasteiger partial charge < -0.3 is 15.0 Å². The molecule has 0 aliphatic carbocycles. The second-order valence-electron chi connectivity index (χ2n) is 7.29. The number of methoxy groups -OCH3 is 1. The molecule has 0 saturated carbocycles. The number of ether oxygens (including phenoxy) is 1. The Balaban J connectivity index is 1.57. The van der Waals surface area contributed by atoms with Gasteiger partial charge in [0.05, 0.1) is 36.4 Å².